The van der Waals surface area contributed by atoms with E-state index in [2.05, 4.69) is 15.9 Å². The van der Waals surface area contributed by atoms with Gasteiger partial charge in [-0.05, 0) is 53.0 Å². The number of pyridine rings is 1. The summed E-state index contributed by atoms with van der Waals surface area (Å²) in [5.41, 5.74) is 1.34. The Bertz CT molecular complexity index is 1060. The molecule has 0 atom stereocenters. The van der Waals surface area contributed by atoms with Crippen LogP contribution in [0.25, 0.3) is 0 Å². The molecule has 1 saturated heterocycles. The van der Waals surface area contributed by atoms with Crippen molar-refractivity contribution in [1.29, 1.82) is 0 Å². The number of carbonyl (C=O) groups is 1. The van der Waals surface area contributed by atoms with Crippen LogP contribution < -0.4 is 5.56 Å². The van der Waals surface area contributed by atoms with Crippen LogP contribution in [0.1, 0.15) is 11.1 Å². The van der Waals surface area contributed by atoms with Crippen molar-refractivity contribution in [3.63, 3.8) is 0 Å². The number of amides is 1. The number of hydrogen-bond acceptors (Lipinski definition) is 4. The molecule has 1 amide bonds. The Morgan fingerprint density at radius 3 is 2.43 bits per heavy atom. The maximum atomic E-state index is 13.0. The summed E-state index contributed by atoms with van der Waals surface area (Å²) in [4.78, 5) is 26.3. The van der Waals surface area contributed by atoms with Gasteiger partial charge in [-0.2, -0.15) is 4.31 Å². The SMILES string of the molecule is Cc1ccc(C)c(S(=O)(=O)N2CCN(C(=O)Cn3cc(Br)ccc3=O)CC2)c1. The van der Waals surface area contributed by atoms with Gasteiger partial charge in [0.15, 0.2) is 0 Å². The summed E-state index contributed by atoms with van der Waals surface area (Å²) in [6.45, 7) is 4.63. The van der Waals surface area contributed by atoms with Crippen molar-refractivity contribution < 1.29 is 13.2 Å². The van der Waals surface area contributed by atoms with Crippen LogP contribution in [0.5, 0.6) is 0 Å². The van der Waals surface area contributed by atoms with E-state index in [1.54, 1.807) is 36.2 Å². The largest absolute Gasteiger partial charge is 0.339 e. The summed E-state index contributed by atoms with van der Waals surface area (Å²) < 4.78 is 29.4. The zero-order chi connectivity index (χ0) is 20.5. The van der Waals surface area contributed by atoms with Gasteiger partial charge < -0.3 is 9.47 Å². The van der Waals surface area contributed by atoms with Gasteiger partial charge in [0.2, 0.25) is 15.9 Å². The third-order valence-electron chi connectivity index (χ3n) is 4.81. The molecule has 0 N–H and O–H groups in total. The molecule has 0 spiro atoms. The van der Waals surface area contributed by atoms with Crippen LogP contribution in [0, 0.1) is 13.8 Å². The third-order valence-corrected chi connectivity index (χ3v) is 7.32. The highest BCUT2D eigenvalue weighted by atomic mass is 79.9. The lowest BCUT2D eigenvalue weighted by molar-refractivity contribution is -0.133. The molecule has 1 aromatic carbocycles. The van der Waals surface area contributed by atoms with Gasteiger partial charge in [0.05, 0.1) is 4.90 Å². The van der Waals surface area contributed by atoms with Gasteiger partial charge in [-0.1, -0.05) is 12.1 Å². The third kappa shape index (κ3) is 4.37. The van der Waals surface area contributed by atoms with Crippen molar-refractivity contribution in [3.8, 4) is 0 Å². The summed E-state index contributed by atoms with van der Waals surface area (Å²) in [5.74, 6) is -0.205. The number of nitrogens with zero attached hydrogens (tertiary/aromatic N) is 3. The molecule has 0 unspecified atom stereocenters. The van der Waals surface area contributed by atoms with Crippen molar-refractivity contribution in [2.24, 2.45) is 0 Å². The van der Waals surface area contributed by atoms with Crippen LogP contribution in [0.2, 0.25) is 0 Å². The van der Waals surface area contributed by atoms with Crippen LogP contribution >= 0.6 is 15.9 Å². The fourth-order valence-electron chi connectivity index (χ4n) is 3.17. The lowest BCUT2D eigenvalue weighted by atomic mass is 10.2. The maximum absolute atomic E-state index is 13.0. The molecule has 1 aliphatic heterocycles. The number of halogens is 1. The van der Waals surface area contributed by atoms with Gasteiger partial charge in [-0.3, -0.25) is 9.59 Å². The Kier molecular flexibility index (Phi) is 6.07. The number of sulfonamides is 1. The number of aryl methyl sites for hydroxylation is 2. The zero-order valence-corrected chi connectivity index (χ0v) is 18.2. The highest BCUT2D eigenvalue weighted by Gasteiger charge is 2.31. The number of rotatable bonds is 4. The lowest BCUT2D eigenvalue weighted by Crippen LogP contribution is -2.51. The first kappa shape index (κ1) is 20.8. The van der Waals surface area contributed by atoms with Crippen LogP contribution in [-0.4, -0.2) is 54.3 Å². The van der Waals surface area contributed by atoms with Gasteiger partial charge in [-0.15, -0.1) is 0 Å². The molecule has 1 aliphatic rings. The number of carbonyl (C=O) groups excluding carboxylic acids is 1. The minimum absolute atomic E-state index is 0.0674. The molecule has 150 valence electrons. The number of aromatic nitrogens is 1. The van der Waals surface area contributed by atoms with Gasteiger partial charge in [0.25, 0.3) is 5.56 Å². The fourth-order valence-corrected chi connectivity index (χ4v) is 5.28. The fraction of sp³-hybridized carbons (Fsp3) is 0.368. The van der Waals surface area contributed by atoms with Crippen molar-refractivity contribution >= 4 is 31.9 Å². The molecule has 3 rings (SSSR count). The van der Waals surface area contributed by atoms with Crippen molar-refractivity contribution in [1.82, 2.24) is 13.8 Å². The first-order chi connectivity index (χ1) is 13.2. The Balaban J connectivity index is 1.68. The van der Waals surface area contributed by atoms with E-state index in [1.165, 1.54) is 14.9 Å². The van der Waals surface area contributed by atoms with Crippen LogP contribution in [0.3, 0.4) is 0 Å². The van der Waals surface area contributed by atoms with Gasteiger partial charge in [0, 0.05) is 42.9 Å². The lowest BCUT2D eigenvalue weighted by Gasteiger charge is -2.34. The van der Waals surface area contributed by atoms with Crippen LogP contribution in [0.15, 0.2) is 50.7 Å². The van der Waals surface area contributed by atoms with Gasteiger partial charge in [-0.25, -0.2) is 8.42 Å². The first-order valence-corrected chi connectivity index (χ1v) is 11.1. The number of piperazine rings is 1. The second-order valence-corrected chi connectivity index (χ2v) is 9.69. The van der Waals surface area contributed by atoms with E-state index in [1.807, 2.05) is 13.0 Å². The molecule has 1 fully saturated rings. The van der Waals surface area contributed by atoms with E-state index in [-0.39, 0.29) is 31.1 Å². The minimum Gasteiger partial charge on any atom is -0.339 e. The zero-order valence-electron chi connectivity index (χ0n) is 15.8. The predicted molar refractivity (Wildman–Crippen MR) is 110 cm³/mol. The predicted octanol–water partition coefficient (Wildman–Crippen LogP) is 1.76. The highest BCUT2D eigenvalue weighted by molar-refractivity contribution is 9.10. The Morgan fingerprint density at radius 1 is 1.07 bits per heavy atom. The normalized spacial score (nSPS) is 15.6. The summed E-state index contributed by atoms with van der Waals surface area (Å²) in [7, 11) is -3.60. The van der Waals surface area contributed by atoms with Crippen molar-refractivity contribution in [3.05, 3.63) is 62.5 Å². The van der Waals surface area contributed by atoms with Crippen LogP contribution in [0.4, 0.5) is 0 Å². The van der Waals surface area contributed by atoms with E-state index >= 15 is 0 Å². The molecular formula is C19H22BrN3O4S. The monoisotopic (exact) mass is 467 g/mol. The molecule has 1 aromatic heterocycles. The molecule has 2 heterocycles. The average molecular weight is 468 g/mol. The molecule has 28 heavy (non-hydrogen) atoms. The Hall–Kier alpha value is -1.97. The topological polar surface area (TPSA) is 79.7 Å². The van der Waals surface area contributed by atoms with E-state index < -0.39 is 10.0 Å². The summed E-state index contributed by atoms with van der Waals surface area (Å²) in [5, 5.41) is 0. The Morgan fingerprint density at radius 2 is 1.75 bits per heavy atom. The Labute approximate surface area is 172 Å². The van der Waals surface area contributed by atoms with Crippen molar-refractivity contribution in [2.45, 2.75) is 25.3 Å². The smallest absolute Gasteiger partial charge is 0.251 e. The molecular weight excluding hydrogens is 446 g/mol. The molecule has 0 radical (unpaired) electrons. The van der Waals surface area contributed by atoms with E-state index in [0.29, 0.717) is 28.0 Å². The second-order valence-electron chi connectivity index (χ2n) is 6.87. The number of benzene rings is 1. The quantitative estimate of drug-likeness (QED) is 0.685. The average Bonchev–Trinajstić information content (AvgIpc) is 2.66. The highest BCUT2D eigenvalue weighted by Crippen LogP contribution is 2.22. The summed E-state index contributed by atoms with van der Waals surface area (Å²) in [6.07, 6.45) is 1.57. The number of hydrogen-bond donors (Lipinski definition) is 0. The van der Waals surface area contributed by atoms with Crippen molar-refractivity contribution in [2.75, 3.05) is 26.2 Å². The van der Waals surface area contributed by atoms with Gasteiger partial charge in [0.1, 0.15) is 6.54 Å². The molecule has 0 saturated carbocycles. The van der Waals surface area contributed by atoms with E-state index in [4.69, 9.17) is 0 Å². The first-order valence-electron chi connectivity index (χ1n) is 8.89. The maximum Gasteiger partial charge on any atom is 0.251 e. The summed E-state index contributed by atoms with van der Waals surface area (Å²) >= 11 is 3.29. The molecule has 7 nitrogen and oxygen atoms in total. The second kappa shape index (κ2) is 8.18. The molecule has 2 aromatic rings. The van der Waals surface area contributed by atoms with E-state index in [9.17, 15) is 18.0 Å². The molecule has 0 aliphatic carbocycles. The minimum atomic E-state index is -3.60. The summed E-state index contributed by atoms with van der Waals surface area (Å²) in [6, 6.07) is 8.39. The molecule has 9 heteroatoms. The molecule has 0 bridgehead atoms. The van der Waals surface area contributed by atoms with E-state index in [0.717, 1.165) is 5.56 Å². The van der Waals surface area contributed by atoms with Crippen LogP contribution in [-0.2, 0) is 21.4 Å². The standard InChI is InChI=1S/C19H22BrN3O4S/c1-14-3-4-15(2)17(11-14)28(26,27)23-9-7-21(8-10-23)19(25)13-22-12-16(20)5-6-18(22)24/h3-6,11-12H,7-10,13H2,1-2H3. The van der Waals surface area contributed by atoms with Gasteiger partial charge >= 0.3 is 0 Å².